The number of H-pyrrole nitrogens is 1. The number of aryl methyl sites for hydroxylation is 1. The normalized spacial score (nSPS) is 12.0. The van der Waals surface area contributed by atoms with E-state index in [2.05, 4.69) is 4.98 Å². The van der Waals surface area contributed by atoms with Crippen molar-refractivity contribution >= 4 is 27.6 Å². The summed E-state index contributed by atoms with van der Waals surface area (Å²) in [5, 5.41) is 9.34. The molecule has 2 aromatic rings. The zero-order chi connectivity index (χ0) is 15.8. The molecular formula is C12H14ClN3O4S. The van der Waals surface area contributed by atoms with Gasteiger partial charge in [-0.1, -0.05) is 11.6 Å². The summed E-state index contributed by atoms with van der Waals surface area (Å²) >= 11 is 5.86. The van der Waals surface area contributed by atoms with Crippen molar-refractivity contribution in [3.05, 3.63) is 40.9 Å². The van der Waals surface area contributed by atoms with Crippen LogP contribution < -0.4 is 0 Å². The van der Waals surface area contributed by atoms with E-state index < -0.39 is 16.0 Å². The molecule has 0 spiro atoms. The van der Waals surface area contributed by atoms with E-state index >= 15 is 0 Å². The monoisotopic (exact) mass is 331 g/mol. The van der Waals surface area contributed by atoms with E-state index in [0.29, 0.717) is 5.02 Å². The van der Waals surface area contributed by atoms with E-state index in [1.807, 2.05) is 0 Å². The zero-order valence-electron chi connectivity index (χ0n) is 11.4. The van der Waals surface area contributed by atoms with Crippen LogP contribution in [0.1, 0.15) is 16.2 Å². The van der Waals surface area contributed by atoms with Gasteiger partial charge in [0.1, 0.15) is 10.6 Å². The number of halogens is 1. The highest BCUT2D eigenvalue weighted by Gasteiger charge is 2.24. The van der Waals surface area contributed by atoms with Crippen LogP contribution in [0.15, 0.2) is 29.4 Å². The van der Waals surface area contributed by atoms with E-state index in [0.717, 1.165) is 22.3 Å². The average molecular weight is 332 g/mol. The molecule has 0 amide bonds. The highest BCUT2D eigenvalue weighted by atomic mass is 35.5. The molecular weight excluding hydrogens is 318 g/mol. The molecule has 2 rings (SSSR count). The second-order valence-corrected chi connectivity index (χ2v) is 7.06. The van der Waals surface area contributed by atoms with Gasteiger partial charge in [-0.25, -0.2) is 13.2 Å². The Labute approximate surface area is 126 Å². The van der Waals surface area contributed by atoms with E-state index in [1.165, 1.54) is 7.05 Å². The number of carbonyl (C=O) groups is 1. The summed E-state index contributed by atoms with van der Waals surface area (Å²) in [6.07, 6.45) is 2.84. The minimum Gasteiger partial charge on any atom is -0.477 e. The summed E-state index contributed by atoms with van der Waals surface area (Å²) in [4.78, 5) is 13.1. The lowest BCUT2D eigenvalue weighted by atomic mass is 10.4. The minimum absolute atomic E-state index is 0.0947. The van der Waals surface area contributed by atoms with Crippen LogP contribution in [0.3, 0.4) is 0 Å². The lowest BCUT2D eigenvalue weighted by molar-refractivity contribution is 0.0691. The maximum Gasteiger partial charge on any atom is 0.352 e. The first kappa shape index (κ1) is 15.6. The molecule has 0 aliphatic carbocycles. The van der Waals surface area contributed by atoms with Crippen molar-refractivity contribution in [2.45, 2.75) is 11.4 Å². The average Bonchev–Trinajstić information content (AvgIpc) is 2.97. The second kappa shape index (κ2) is 5.55. The number of carboxylic acid groups (broad SMARTS) is 1. The van der Waals surface area contributed by atoms with Crippen molar-refractivity contribution in [2.75, 3.05) is 7.05 Å². The third-order valence-corrected chi connectivity index (χ3v) is 5.04. The summed E-state index contributed by atoms with van der Waals surface area (Å²) in [6.45, 7) is 0.124. The maximum atomic E-state index is 12.4. The number of carboxylic acids is 1. The number of aromatic carboxylic acids is 1. The van der Waals surface area contributed by atoms with Crippen LogP contribution >= 0.6 is 11.6 Å². The Morgan fingerprint density at radius 3 is 2.62 bits per heavy atom. The fraction of sp³-hybridized carbons (Fsp3) is 0.250. The topological polar surface area (TPSA) is 95.4 Å². The van der Waals surface area contributed by atoms with Crippen molar-refractivity contribution in [3.8, 4) is 0 Å². The Bertz CT molecular complexity index is 778. The van der Waals surface area contributed by atoms with Crippen LogP contribution in [0.4, 0.5) is 0 Å². The third-order valence-electron chi connectivity index (χ3n) is 3.05. The first-order valence-electron chi connectivity index (χ1n) is 5.90. The number of sulfonamides is 1. The molecule has 0 aromatic carbocycles. The van der Waals surface area contributed by atoms with Crippen LogP contribution in [0.25, 0.3) is 0 Å². The van der Waals surface area contributed by atoms with Gasteiger partial charge < -0.3 is 14.7 Å². The Kier molecular flexibility index (Phi) is 4.13. The lowest BCUT2D eigenvalue weighted by Gasteiger charge is -2.16. The second-order valence-electron chi connectivity index (χ2n) is 4.58. The molecule has 21 heavy (non-hydrogen) atoms. The molecule has 0 aliphatic rings. The number of aromatic amines is 1. The van der Waals surface area contributed by atoms with Crippen LogP contribution in [-0.2, 0) is 23.6 Å². The highest BCUT2D eigenvalue weighted by molar-refractivity contribution is 7.89. The van der Waals surface area contributed by atoms with Crippen molar-refractivity contribution in [2.24, 2.45) is 7.05 Å². The fourth-order valence-electron chi connectivity index (χ4n) is 1.86. The van der Waals surface area contributed by atoms with Gasteiger partial charge in [0.05, 0.1) is 11.6 Å². The molecule has 0 fully saturated rings. The van der Waals surface area contributed by atoms with Gasteiger partial charge in [-0.2, -0.15) is 4.31 Å². The molecule has 0 radical (unpaired) electrons. The largest absolute Gasteiger partial charge is 0.477 e. The predicted octanol–water partition coefficient (Wildman–Crippen LogP) is 1.53. The van der Waals surface area contributed by atoms with Gasteiger partial charge in [0, 0.05) is 32.2 Å². The molecule has 0 bridgehead atoms. The van der Waals surface area contributed by atoms with Gasteiger partial charge in [-0.3, -0.25) is 0 Å². The summed E-state index contributed by atoms with van der Waals surface area (Å²) in [5.41, 5.74) is 0.545. The van der Waals surface area contributed by atoms with Crippen LogP contribution in [0.5, 0.6) is 0 Å². The number of nitrogens with zero attached hydrogens (tertiary/aromatic N) is 2. The van der Waals surface area contributed by atoms with Crippen LogP contribution in [-0.4, -0.2) is 40.4 Å². The summed E-state index contributed by atoms with van der Waals surface area (Å²) in [6, 6.07) is 2.76. The molecule has 2 heterocycles. The van der Waals surface area contributed by atoms with Crippen LogP contribution in [0, 0.1) is 0 Å². The maximum absolute atomic E-state index is 12.4. The molecule has 0 saturated carbocycles. The number of nitrogens with one attached hydrogen (secondary N) is 1. The van der Waals surface area contributed by atoms with E-state index in [1.54, 1.807) is 23.9 Å². The molecule has 7 nitrogen and oxygen atoms in total. The fourth-order valence-corrected chi connectivity index (χ4v) is 3.27. The molecule has 9 heteroatoms. The predicted molar refractivity (Wildman–Crippen MR) is 76.8 cm³/mol. The standard InChI is InChI=1S/C12H14ClN3O4S/c1-15-6-8(13)3-9(15)7-16(2)21(19,20)10-4-11(12(17)18)14-5-10/h3-6,14H,7H2,1-2H3,(H,17,18). The van der Waals surface area contributed by atoms with Crippen molar-refractivity contribution in [1.82, 2.24) is 13.9 Å². The Hall–Kier alpha value is -1.77. The quantitative estimate of drug-likeness (QED) is 0.868. The van der Waals surface area contributed by atoms with E-state index in [4.69, 9.17) is 16.7 Å². The zero-order valence-corrected chi connectivity index (χ0v) is 12.9. The van der Waals surface area contributed by atoms with Crippen molar-refractivity contribution in [3.63, 3.8) is 0 Å². The first-order valence-corrected chi connectivity index (χ1v) is 7.72. The van der Waals surface area contributed by atoms with Crippen molar-refractivity contribution < 1.29 is 18.3 Å². The summed E-state index contributed by atoms with van der Waals surface area (Å²) < 4.78 is 27.6. The minimum atomic E-state index is -3.78. The number of hydrogen-bond acceptors (Lipinski definition) is 3. The Morgan fingerprint density at radius 1 is 1.48 bits per heavy atom. The van der Waals surface area contributed by atoms with Gasteiger partial charge in [0.15, 0.2) is 0 Å². The Morgan fingerprint density at radius 2 is 2.14 bits per heavy atom. The third kappa shape index (κ3) is 3.12. The molecule has 114 valence electrons. The molecule has 0 unspecified atom stereocenters. The molecule has 0 atom stereocenters. The van der Waals surface area contributed by atoms with E-state index in [-0.39, 0.29) is 17.1 Å². The molecule has 2 aromatic heterocycles. The number of rotatable bonds is 5. The van der Waals surface area contributed by atoms with Gasteiger partial charge >= 0.3 is 5.97 Å². The summed E-state index contributed by atoms with van der Waals surface area (Å²) in [7, 11) is -0.590. The van der Waals surface area contributed by atoms with E-state index in [9.17, 15) is 13.2 Å². The van der Waals surface area contributed by atoms with Gasteiger partial charge in [0.25, 0.3) is 0 Å². The van der Waals surface area contributed by atoms with Gasteiger partial charge in [-0.05, 0) is 12.1 Å². The molecule has 0 saturated heterocycles. The number of hydrogen-bond donors (Lipinski definition) is 2. The smallest absolute Gasteiger partial charge is 0.352 e. The van der Waals surface area contributed by atoms with Gasteiger partial charge in [-0.15, -0.1) is 0 Å². The highest BCUT2D eigenvalue weighted by Crippen LogP contribution is 2.20. The SMILES string of the molecule is CN(Cc1cc(Cl)cn1C)S(=O)(=O)c1c[nH]c(C(=O)O)c1. The lowest BCUT2D eigenvalue weighted by Crippen LogP contribution is -2.27. The number of aromatic nitrogens is 2. The van der Waals surface area contributed by atoms with Gasteiger partial charge in [0.2, 0.25) is 10.0 Å². The Balaban J connectivity index is 2.25. The first-order chi connectivity index (χ1) is 9.71. The molecule has 0 aliphatic heterocycles. The van der Waals surface area contributed by atoms with Crippen LogP contribution in [0.2, 0.25) is 5.02 Å². The molecule has 2 N–H and O–H groups in total. The van der Waals surface area contributed by atoms with Crippen molar-refractivity contribution in [1.29, 1.82) is 0 Å². The summed E-state index contributed by atoms with van der Waals surface area (Å²) in [5.74, 6) is -1.21.